The second-order valence-corrected chi connectivity index (χ2v) is 13.9. The van der Waals surface area contributed by atoms with Crippen LogP contribution in [0.15, 0.2) is 199 Å². The summed E-state index contributed by atoms with van der Waals surface area (Å²) in [5.74, 6) is 1.71. The van der Waals surface area contributed by atoms with Gasteiger partial charge in [-0.3, -0.25) is 0 Å². The normalized spacial score (nSPS) is 11.1. The Balaban J connectivity index is 1.12. The Kier molecular flexibility index (Phi) is 8.48. The molecule has 2 heterocycles. The topological polar surface area (TPSA) is 75.6 Å². The van der Waals surface area contributed by atoms with E-state index in [1.54, 1.807) is 0 Å². The number of hydrogen-bond donors (Lipinski definition) is 0. The van der Waals surface area contributed by atoms with Gasteiger partial charge >= 0.3 is 0 Å². The van der Waals surface area contributed by atoms with Crippen molar-refractivity contribution in [1.82, 2.24) is 15.0 Å². The lowest BCUT2D eigenvalue weighted by Gasteiger charge is -2.10. The summed E-state index contributed by atoms with van der Waals surface area (Å²) in [6.07, 6.45) is 0. The molecule has 5 heteroatoms. The van der Waals surface area contributed by atoms with E-state index in [0.717, 1.165) is 77.6 Å². The van der Waals surface area contributed by atoms with Gasteiger partial charge in [-0.25, -0.2) is 15.0 Å². The number of rotatable bonds is 7. The third-order valence-electron chi connectivity index (χ3n) is 10.4. The molecule has 0 fully saturated rings. The fourth-order valence-corrected chi connectivity index (χ4v) is 7.50. The quantitative estimate of drug-likeness (QED) is 0.163. The first kappa shape index (κ1) is 33.6. The molecule has 266 valence electrons. The summed E-state index contributed by atoms with van der Waals surface area (Å²) in [6.45, 7) is 0. The average Bonchev–Trinajstić information content (AvgIpc) is 3.69. The Morgan fingerprint density at radius 1 is 0.368 bits per heavy atom. The Hall–Kier alpha value is -7.94. The zero-order chi connectivity index (χ0) is 38.1. The average molecular weight is 729 g/mol. The van der Waals surface area contributed by atoms with E-state index >= 15 is 0 Å². The number of furan rings is 1. The second kappa shape index (κ2) is 14.4. The van der Waals surface area contributed by atoms with Crippen LogP contribution < -0.4 is 0 Å². The monoisotopic (exact) mass is 728 g/mol. The molecule has 0 aliphatic carbocycles. The number of nitrogens with zero attached hydrogens (tertiary/aromatic N) is 4. The Morgan fingerprint density at radius 2 is 0.842 bits per heavy atom. The van der Waals surface area contributed by atoms with Gasteiger partial charge in [0, 0.05) is 33.0 Å². The third kappa shape index (κ3) is 6.42. The third-order valence-corrected chi connectivity index (χ3v) is 10.4. The lowest BCUT2D eigenvalue weighted by atomic mass is 9.93. The maximum atomic E-state index is 9.23. The summed E-state index contributed by atoms with van der Waals surface area (Å²) < 4.78 is 6.89. The van der Waals surface area contributed by atoms with Crippen molar-refractivity contribution >= 4 is 21.9 Å². The van der Waals surface area contributed by atoms with Crippen LogP contribution in [-0.4, -0.2) is 15.0 Å². The summed E-state index contributed by atoms with van der Waals surface area (Å²) in [7, 11) is 0. The number of hydrogen-bond acceptors (Lipinski definition) is 5. The standard InChI is InChI=1S/C52H32N4O/c53-33-34-19-21-36(22-20-34)37-23-25-40(26-24-37)51-54-50(39-15-8-3-9-16-39)55-52(56-51)43-27-28-46-47(32-43)57-49-45(38-13-6-2-7-14-38)30-29-44(48(46)49)42-18-10-17-41(31-42)35-11-4-1-5-12-35/h1-32H. The molecule has 0 atom stereocenters. The van der Waals surface area contributed by atoms with Gasteiger partial charge in [0.05, 0.1) is 11.6 Å². The van der Waals surface area contributed by atoms with Crippen LogP contribution in [0.25, 0.3) is 101 Å². The first-order valence-corrected chi connectivity index (χ1v) is 18.8. The van der Waals surface area contributed by atoms with E-state index in [1.165, 1.54) is 5.56 Å². The maximum Gasteiger partial charge on any atom is 0.164 e. The van der Waals surface area contributed by atoms with Crippen LogP contribution in [0.3, 0.4) is 0 Å². The molecule has 0 amide bonds. The fourth-order valence-electron chi connectivity index (χ4n) is 7.50. The van der Waals surface area contributed by atoms with Gasteiger partial charge in [0.25, 0.3) is 0 Å². The molecule has 10 aromatic rings. The minimum atomic E-state index is 0.552. The van der Waals surface area contributed by atoms with E-state index in [0.29, 0.717) is 23.0 Å². The van der Waals surface area contributed by atoms with Crippen molar-refractivity contribution in [2.75, 3.05) is 0 Å². The highest BCUT2D eigenvalue weighted by molar-refractivity contribution is 6.16. The zero-order valence-electron chi connectivity index (χ0n) is 30.7. The number of benzene rings is 8. The van der Waals surface area contributed by atoms with Gasteiger partial charge in [-0.1, -0.05) is 158 Å². The summed E-state index contributed by atoms with van der Waals surface area (Å²) >= 11 is 0. The lowest BCUT2D eigenvalue weighted by Crippen LogP contribution is -2.00. The van der Waals surface area contributed by atoms with Crippen LogP contribution in [0.1, 0.15) is 5.56 Å². The fraction of sp³-hybridized carbons (Fsp3) is 0. The molecule has 5 nitrogen and oxygen atoms in total. The van der Waals surface area contributed by atoms with Gasteiger partial charge < -0.3 is 4.42 Å². The van der Waals surface area contributed by atoms with Gasteiger partial charge in [0.2, 0.25) is 0 Å². The zero-order valence-corrected chi connectivity index (χ0v) is 30.7. The highest BCUT2D eigenvalue weighted by atomic mass is 16.3. The molecular formula is C52H32N4O. The van der Waals surface area contributed by atoms with Crippen LogP contribution in [0, 0.1) is 11.3 Å². The molecule has 57 heavy (non-hydrogen) atoms. The van der Waals surface area contributed by atoms with Crippen LogP contribution in [0.2, 0.25) is 0 Å². The van der Waals surface area contributed by atoms with Gasteiger partial charge in [-0.15, -0.1) is 0 Å². The molecule has 2 aromatic heterocycles. The van der Waals surface area contributed by atoms with E-state index in [-0.39, 0.29) is 0 Å². The smallest absolute Gasteiger partial charge is 0.164 e. The van der Waals surface area contributed by atoms with Gasteiger partial charge in [0.15, 0.2) is 17.5 Å². The molecule has 0 N–H and O–H groups in total. The minimum Gasteiger partial charge on any atom is -0.455 e. The molecule has 0 spiro atoms. The van der Waals surface area contributed by atoms with E-state index < -0.39 is 0 Å². The van der Waals surface area contributed by atoms with E-state index in [2.05, 4.69) is 121 Å². The van der Waals surface area contributed by atoms with Crippen LogP contribution in [0.5, 0.6) is 0 Å². The lowest BCUT2D eigenvalue weighted by molar-refractivity contribution is 0.670. The molecule has 0 bridgehead atoms. The predicted octanol–water partition coefficient (Wildman–Crippen LogP) is 13.3. The largest absolute Gasteiger partial charge is 0.455 e. The SMILES string of the molecule is N#Cc1ccc(-c2ccc(-c3nc(-c4ccccc4)nc(-c4ccc5c(c4)oc4c(-c6ccccc6)ccc(-c6cccc(-c7ccccc7)c6)c45)n3)cc2)cc1. The second-order valence-electron chi connectivity index (χ2n) is 13.9. The Morgan fingerprint density at radius 3 is 1.49 bits per heavy atom. The summed E-state index contributed by atoms with van der Waals surface area (Å²) in [5, 5.41) is 11.3. The molecule has 0 saturated heterocycles. The molecule has 10 rings (SSSR count). The Bertz CT molecular complexity index is 3100. The highest BCUT2D eigenvalue weighted by Crippen LogP contribution is 2.43. The van der Waals surface area contributed by atoms with E-state index in [9.17, 15) is 5.26 Å². The van der Waals surface area contributed by atoms with Gasteiger partial charge in [-0.05, 0) is 75.3 Å². The molecular weight excluding hydrogens is 697 g/mol. The first-order chi connectivity index (χ1) is 28.2. The van der Waals surface area contributed by atoms with Crippen molar-refractivity contribution in [3.8, 4) is 84.7 Å². The molecule has 0 aliphatic rings. The number of nitriles is 1. The van der Waals surface area contributed by atoms with Crippen molar-refractivity contribution in [3.05, 3.63) is 200 Å². The summed E-state index contributed by atoms with van der Waals surface area (Å²) in [4.78, 5) is 15.0. The van der Waals surface area contributed by atoms with Crippen LogP contribution in [-0.2, 0) is 0 Å². The highest BCUT2D eigenvalue weighted by Gasteiger charge is 2.20. The number of aromatic nitrogens is 3. The van der Waals surface area contributed by atoms with Gasteiger partial charge in [-0.2, -0.15) is 5.26 Å². The summed E-state index contributed by atoms with van der Waals surface area (Å²) in [5.41, 5.74) is 13.6. The van der Waals surface area contributed by atoms with Crippen molar-refractivity contribution in [2.24, 2.45) is 0 Å². The molecule has 8 aromatic carbocycles. The van der Waals surface area contributed by atoms with Crippen molar-refractivity contribution in [1.29, 1.82) is 5.26 Å². The molecule has 0 radical (unpaired) electrons. The molecule has 0 aliphatic heterocycles. The predicted molar refractivity (Wildman–Crippen MR) is 230 cm³/mol. The minimum absolute atomic E-state index is 0.552. The van der Waals surface area contributed by atoms with E-state index in [1.807, 2.05) is 78.9 Å². The van der Waals surface area contributed by atoms with Gasteiger partial charge in [0.1, 0.15) is 11.2 Å². The summed E-state index contributed by atoms with van der Waals surface area (Å²) in [6, 6.07) is 68.2. The maximum absolute atomic E-state index is 9.23. The van der Waals surface area contributed by atoms with E-state index in [4.69, 9.17) is 19.4 Å². The molecule has 0 saturated carbocycles. The Labute approximate surface area is 329 Å². The van der Waals surface area contributed by atoms with Crippen molar-refractivity contribution < 1.29 is 4.42 Å². The van der Waals surface area contributed by atoms with Crippen molar-refractivity contribution in [2.45, 2.75) is 0 Å². The first-order valence-electron chi connectivity index (χ1n) is 18.8. The number of fused-ring (bicyclic) bond motifs is 3. The van der Waals surface area contributed by atoms with Crippen molar-refractivity contribution in [3.63, 3.8) is 0 Å². The van der Waals surface area contributed by atoms with Crippen LogP contribution in [0.4, 0.5) is 0 Å². The molecule has 0 unspecified atom stereocenters. The van der Waals surface area contributed by atoms with Crippen LogP contribution >= 0.6 is 0 Å².